The zero-order valence-corrected chi connectivity index (χ0v) is 17.2. The summed E-state index contributed by atoms with van der Waals surface area (Å²) < 4.78 is 7.04. The molecule has 0 saturated carbocycles. The molecule has 1 aromatic carbocycles. The van der Waals surface area contributed by atoms with Crippen molar-refractivity contribution in [3.05, 3.63) is 48.3 Å². The Kier molecular flexibility index (Phi) is 5.54. The summed E-state index contributed by atoms with van der Waals surface area (Å²) in [5.41, 5.74) is 1.78. The van der Waals surface area contributed by atoms with Gasteiger partial charge in [0.15, 0.2) is 5.65 Å². The van der Waals surface area contributed by atoms with Crippen molar-refractivity contribution in [2.75, 3.05) is 10.6 Å². The molecule has 0 aliphatic rings. The van der Waals surface area contributed by atoms with Gasteiger partial charge in [-0.15, -0.1) is 0 Å². The van der Waals surface area contributed by atoms with Crippen molar-refractivity contribution in [2.24, 2.45) is 0 Å². The Hall–Kier alpha value is -3.42. The third-order valence-corrected chi connectivity index (χ3v) is 3.97. The molecule has 0 atom stereocenters. The standard InChI is InChI=1S/C21H25N5O3/c1-13(2)26-18-15(11-23-26)10-17(12-22-18)24-19(27)14-6-8-16(9-7-14)25-20(28)29-21(3,4)5/h6-13H,1-5H3,(H,24,27)(H,25,28). The number of benzene rings is 1. The summed E-state index contributed by atoms with van der Waals surface area (Å²) in [7, 11) is 0. The van der Waals surface area contributed by atoms with E-state index in [0.717, 1.165) is 11.0 Å². The predicted octanol–water partition coefficient (Wildman–Crippen LogP) is 4.61. The van der Waals surface area contributed by atoms with E-state index in [4.69, 9.17) is 4.74 Å². The van der Waals surface area contributed by atoms with Crippen molar-refractivity contribution in [3.8, 4) is 0 Å². The number of rotatable bonds is 4. The van der Waals surface area contributed by atoms with E-state index >= 15 is 0 Å². The SMILES string of the molecule is CC(C)n1ncc2cc(NC(=O)c3ccc(NC(=O)OC(C)(C)C)cc3)cnc21. The van der Waals surface area contributed by atoms with E-state index in [1.807, 2.05) is 24.6 Å². The lowest BCUT2D eigenvalue weighted by atomic mass is 10.2. The van der Waals surface area contributed by atoms with E-state index in [9.17, 15) is 9.59 Å². The fraction of sp³-hybridized carbons (Fsp3) is 0.333. The first-order valence-corrected chi connectivity index (χ1v) is 9.37. The molecule has 2 heterocycles. The van der Waals surface area contributed by atoms with Crippen LogP contribution in [0.15, 0.2) is 42.7 Å². The van der Waals surface area contributed by atoms with Gasteiger partial charge in [-0.05, 0) is 65.0 Å². The quantitative estimate of drug-likeness (QED) is 0.672. The number of nitrogens with zero attached hydrogens (tertiary/aromatic N) is 3. The van der Waals surface area contributed by atoms with Gasteiger partial charge in [-0.1, -0.05) is 0 Å². The number of ether oxygens (including phenoxy) is 1. The highest BCUT2D eigenvalue weighted by molar-refractivity contribution is 6.05. The molecular formula is C21H25N5O3. The van der Waals surface area contributed by atoms with Gasteiger partial charge in [0.2, 0.25) is 0 Å². The fourth-order valence-electron chi connectivity index (χ4n) is 2.72. The van der Waals surface area contributed by atoms with Gasteiger partial charge < -0.3 is 10.1 Å². The summed E-state index contributed by atoms with van der Waals surface area (Å²) in [5.74, 6) is -0.272. The molecule has 3 rings (SSSR count). The molecule has 152 valence electrons. The van der Waals surface area contributed by atoms with Gasteiger partial charge >= 0.3 is 6.09 Å². The molecule has 2 aromatic heterocycles. The van der Waals surface area contributed by atoms with Crippen LogP contribution in [-0.2, 0) is 4.74 Å². The Morgan fingerprint density at radius 2 is 1.72 bits per heavy atom. The van der Waals surface area contributed by atoms with E-state index < -0.39 is 11.7 Å². The van der Waals surface area contributed by atoms with Gasteiger partial charge in [0.05, 0.1) is 18.1 Å². The van der Waals surface area contributed by atoms with Crippen molar-refractivity contribution in [2.45, 2.75) is 46.3 Å². The Bertz CT molecular complexity index is 1030. The summed E-state index contributed by atoms with van der Waals surface area (Å²) >= 11 is 0. The summed E-state index contributed by atoms with van der Waals surface area (Å²) in [5, 5.41) is 10.6. The van der Waals surface area contributed by atoms with Gasteiger partial charge in [-0.25, -0.2) is 14.5 Å². The highest BCUT2D eigenvalue weighted by atomic mass is 16.6. The number of aromatic nitrogens is 3. The molecule has 29 heavy (non-hydrogen) atoms. The third-order valence-electron chi connectivity index (χ3n) is 3.97. The van der Waals surface area contributed by atoms with Crippen LogP contribution < -0.4 is 10.6 Å². The zero-order chi connectivity index (χ0) is 21.2. The number of pyridine rings is 1. The van der Waals surface area contributed by atoms with Gasteiger partial charge in [-0.2, -0.15) is 5.10 Å². The van der Waals surface area contributed by atoms with Crippen LogP contribution in [-0.4, -0.2) is 32.4 Å². The van der Waals surface area contributed by atoms with E-state index in [-0.39, 0.29) is 11.9 Å². The Morgan fingerprint density at radius 1 is 1.03 bits per heavy atom. The molecule has 0 bridgehead atoms. The number of hydrogen-bond acceptors (Lipinski definition) is 5. The van der Waals surface area contributed by atoms with Gasteiger partial charge in [-0.3, -0.25) is 10.1 Å². The number of anilines is 2. The van der Waals surface area contributed by atoms with Crippen molar-refractivity contribution in [1.29, 1.82) is 0 Å². The zero-order valence-electron chi connectivity index (χ0n) is 17.2. The summed E-state index contributed by atoms with van der Waals surface area (Å²) in [6.45, 7) is 9.44. The maximum atomic E-state index is 12.5. The van der Waals surface area contributed by atoms with E-state index in [1.54, 1.807) is 57.4 Å². The van der Waals surface area contributed by atoms with Crippen LogP contribution in [0.25, 0.3) is 11.0 Å². The Labute approximate surface area is 169 Å². The summed E-state index contributed by atoms with van der Waals surface area (Å²) in [6.07, 6.45) is 2.80. The number of amides is 2. The smallest absolute Gasteiger partial charge is 0.412 e. The maximum absolute atomic E-state index is 12.5. The van der Waals surface area contributed by atoms with Crippen LogP contribution >= 0.6 is 0 Å². The fourth-order valence-corrected chi connectivity index (χ4v) is 2.72. The molecular weight excluding hydrogens is 370 g/mol. The number of nitrogens with one attached hydrogen (secondary N) is 2. The molecule has 8 heteroatoms. The molecule has 0 spiro atoms. The van der Waals surface area contributed by atoms with E-state index in [1.165, 1.54) is 0 Å². The van der Waals surface area contributed by atoms with Crippen LogP contribution in [0.1, 0.15) is 51.0 Å². The first-order chi connectivity index (χ1) is 13.6. The van der Waals surface area contributed by atoms with E-state index in [0.29, 0.717) is 16.9 Å². The second-order valence-corrected chi connectivity index (χ2v) is 7.98. The third kappa shape index (κ3) is 5.10. The van der Waals surface area contributed by atoms with Crippen LogP contribution in [0.2, 0.25) is 0 Å². The van der Waals surface area contributed by atoms with Crippen molar-refractivity contribution >= 4 is 34.4 Å². The topological polar surface area (TPSA) is 98.1 Å². The predicted molar refractivity (Wildman–Crippen MR) is 112 cm³/mol. The lowest BCUT2D eigenvalue weighted by molar-refractivity contribution is 0.0636. The molecule has 0 fully saturated rings. The molecule has 0 radical (unpaired) electrons. The first-order valence-electron chi connectivity index (χ1n) is 9.37. The van der Waals surface area contributed by atoms with Crippen LogP contribution in [0.5, 0.6) is 0 Å². The normalized spacial score (nSPS) is 11.5. The van der Waals surface area contributed by atoms with Crippen LogP contribution in [0.4, 0.5) is 16.2 Å². The molecule has 0 saturated heterocycles. The minimum absolute atomic E-state index is 0.202. The van der Waals surface area contributed by atoms with Gasteiger partial charge in [0.25, 0.3) is 5.91 Å². The summed E-state index contributed by atoms with van der Waals surface area (Å²) in [6, 6.07) is 8.59. The summed E-state index contributed by atoms with van der Waals surface area (Å²) in [4.78, 5) is 28.7. The highest BCUT2D eigenvalue weighted by Crippen LogP contribution is 2.20. The monoisotopic (exact) mass is 395 g/mol. The minimum atomic E-state index is -0.579. The number of hydrogen-bond donors (Lipinski definition) is 2. The van der Waals surface area contributed by atoms with Gasteiger partial charge in [0, 0.05) is 22.7 Å². The molecule has 2 N–H and O–H groups in total. The number of carbonyl (C=O) groups is 2. The average molecular weight is 395 g/mol. The van der Waals surface area contributed by atoms with Crippen molar-refractivity contribution < 1.29 is 14.3 Å². The maximum Gasteiger partial charge on any atom is 0.412 e. The second-order valence-electron chi connectivity index (χ2n) is 7.98. The highest BCUT2D eigenvalue weighted by Gasteiger charge is 2.16. The molecule has 0 unspecified atom stereocenters. The second kappa shape index (κ2) is 7.90. The first kappa shape index (κ1) is 20.3. The van der Waals surface area contributed by atoms with E-state index in [2.05, 4.69) is 20.7 Å². The largest absolute Gasteiger partial charge is 0.444 e. The lowest BCUT2D eigenvalue weighted by Crippen LogP contribution is -2.27. The number of carbonyl (C=O) groups excluding carboxylic acids is 2. The molecule has 0 aliphatic carbocycles. The molecule has 2 amide bonds. The van der Waals surface area contributed by atoms with Crippen molar-refractivity contribution in [3.63, 3.8) is 0 Å². The van der Waals surface area contributed by atoms with Crippen molar-refractivity contribution in [1.82, 2.24) is 14.8 Å². The van der Waals surface area contributed by atoms with Crippen LogP contribution in [0.3, 0.4) is 0 Å². The lowest BCUT2D eigenvalue weighted by Gasteiger charge is -2.19. The number of fused-ring (bicyclic) bond motifs is 1. The molecule has 3 aromatic rings. The molecule has 0 aliphatic heterocycles. The Morgan fingerprint density at radius 3 is 2.34 bits per heavy atom. The Balaban J connectivity index is 1.66. The average Bonchev–Trinajstić information content (AvgIpc) is 3.04. The van der Waals surface area contributed by atoms with Gasteiger partial charge in [0.1, 0.15) is 5.60 Å². The minimum Gasteiger partial charge on any atom is -0.444 e. The van der Waals surface area contributed by atoms with Crippen LogP contribution in [0, 0.1) is 0 Å². The molecule has 8 nitrogen and oxygen atoms in total.